The Bertz CT molecular complexity index is 1070. The summed E-state index contributed by atoms with van der Waals surface area (Å²) in [7, 11) is 0. The molecule has 0 aliphatic rings. The number of rotatable bonds is 4. The van der Waals surface area contributed by atoms with Crippen LogP contribution in [0.15, 0.2) is 45.7 Å². The molecule has 0 unspecified atom stereocenters. The molecule has 1 aromatic carbocycles. The Morgan fingerprint density at radius 2 is 1.96 bits per heavy atom. The molecular formula is C18H15N3O5. The number of aryl methyl sites for hydroxylation is 1. The van der Waals surface area contributed by atoms with E-state index in [0.717, 1.165) is 0 Å². The average molecular weight is 353 g/mol. The van der Waals surface area contributed by atoms with Crippen molar-refractivity contribution in [2.45, 2.75) is 13.5 Å². The molecule has 26 heavy (non-hydrogen) atoms. The summed E-state index contributed by atoms with van der Waals surface area (Å²) in [4.78, 5) is 39.7. The number of carbonyl (C=O) groups is 2. The normalized spacial score (nSPS) is 10.7. The maximum atomic E-state index is 12.4. The van der Waals surface area contributed by atoms with E-state index in [4.69, 9.17) is 10.2 Å². The Morgan fingerprint density at radius 3 is 2.58 bits per heavy atom. The van der Waals surface area contributed by atoms with Gasteiger partial charge in [0.1, 0.15) is 5.56 Å². The van der Waals surface area contributed by atoms with Gasteiger partial charge in [0, 0.05) is 28.4 Å². The Balaban J connectivity index is 1.99. The van der Waals surface area contributed by atoms with Gasteiger partial charge in [0.25, 0.3) is 5.91 Å². The topological polar surface area (TPSA) is 136 Å². The molecule has 8 nitrogen and oxygen atoms in total. The van der Waals surface area contributed by atoms with Crippen molar-refractivity contribution in [2.24, 2.45) is 5.73 Å². The van der Waals surface area contributed by atoms with E-state index >= 15 is 0 Å². The van der Waals surface area contributed by atoms with Gasteiger partial charge in [0.2, 0.25) is 5.91 Å². The van der Waals surface area contributed by atoms with Crippen molar-refractivity contribution in [3.8, 4) is 0 Å². The number of primary amides is 1. The van der Waals surface area contributed by atoms with Crippen molar-refractivity contribution in [1.29, 1.82) is 0 Å². The summed E-state index contributed by atoms with van der Waals surface area (Å²) in [6.45, 7) is 1.35. The summed E-state index contributed by atoms with van der Waals surface area (Å²) in [5, 5.41) is 12.4. The van der Waals surface area contributed by atoms with Crippen LogP contribution in [0.5, 0.6) is 0 Å². The van der Waals surface area contributed by atoms with E-state index in [2.05, 4.69) is 10.3 Å². The van der Waals surface area contributed by atoms with Crippen LogP contribution in [0.1, 0.15) is 32.0 Å². The number of amides is 2. The number of hydrogen-bond acceptors (Lipinski definition) is 6. The molecule has 132 valence electrons. The largest absolute Gasteiger partial charge is 0.420 e. The SMILES string of the molecule is Cc1ncc(CO)c2cc(C(=O)Nc3ccc(C(N)=O)cc3)c(=O)oc12. The van der Waals surface area contributed by atoms with Crippen molar-refractivity contribution >= 4 is 28.5 Å². The van der Waals surface area contributed by atoms with E-state index in [1.807, 2.05) is 0 Å². The summed E-state index contributed by atoms with van der Waals surface area (Å²) < 4.78 is 5.22. The van der Waals surface area contributed by atoms with Crippen LogP contribution in [0.2, 0.25) is 0 Å². The number of nitrogens with two attached hydrogens (primary N) is 1. The van der Waals surface area contributed by atoms with Crippen molar-refractivity contribution < 1.29 is 19.1 Å². The van der Waals surface area contributed by atoms with Crippen molar-refractivity contribution in [1.82, 2.24) is 4.98 Å². The van der Waals surface area contributed by atoms with Crippen molar-refractivity contribution in [2.75, 3.05) is 5.32 Å². The number of aliphatic hydroxyl groups is 1. The molecule has 0 saturated heterocycles. The van der Waals surface area contributed by atoms with Crippen molar-refractivity contribution in [3.05, 3.63) is 69.3 Å². The summed E-state index contributed by atoms with van der Waals surface area (Å²) in [6.07, 6.45) is 1.46. The number of nitrogens with one attached hydrogen (secondary N) is 1. The Kier molecular flexibility index (Phi) is 4.51. The lowest BCUT2D eigenvalue weighted by molar-refractivity contribution is 0.0998. The molecule has 8 heteroatoms. The summed E-state index contributed by atoms with van der Waals surface area (Å²) in [6, 6.07) is 7.27. The van der Waals surface area contributed by atoms with Gasteiger partial charge < -0.3 is 20.6 Å². The smallest absolute Gasteiger partial charge is 0.349 e. The highest BCUT2D eigenvalue weighted by Crippen LogP contribution is 2.21. The van der Waals surface area contributed by atoms with Gasteiger partial charge in [-0.15, -0.1) is 0 Å². The van der Waals surface area contributed by atoms with Gasteiger partial charge in [-0.2, -0.15) is 0 Å². The Hall–Kier alpha value is -3.52. The first kappa shape index (κ1) is 17.3. The predicted octanol–water partition coefficient (Wildman–Crippen LogP) is 1.34. The second-order valence-corrected chi connectivity index (χ2v) is 5.61. The maximum Gasteiger partial charge on any atom is 0.349 e. The molecule has 0 radical (unpaired) electrons. The number of hydrogen-bond donors (Lipinski definition) is 3. The second-order valence-electron chi connectivity index (χ2n) is 5.61. The molecule has 0 atom stereocenters. The van der Waals surface area contributed by atoms with E-state index in [0.29, 0.717) is 27.9 Å². The number of pyridine rings is 1. The average Bonchev–Trinajstić information content (AvgIpc) is 2.62. The molecule has 0 bridgehead atoms. The molecule has 0 spiro atoms. The molecule has 3 aromatic rings. The van der Waals surface area contributed by atoms with Crippen LogP contribution in [-0.2, 0) is 6.61 Å². The molecule has 2 amide bonds. The van der Waals surface area contributed by atoms with E-state index < -0.39 is 17.4 Å². The minimum absolute atomic E-state index is 0.211. The molecule has 0 aliphatic heterocycles. The van der Waals surface area contributed by atoms with Gasteiger partial charge in [-0.05, 0) is 37.3 Å². The zero-order chi connectivity index (χ0) is 18.8. The highest BCUT2D eigenvalue weighted by Gasteiger charge is 2.17. The van der Waals surface area contributed by atoms with Gasteiger partial charge in [-0.3, -0.25) is 14.6 Å². The van der Waals surface area contributed by atoms with Crippen LogP contribution in [0.25, 0.3) is 11.0 Å². The molecule has 2 aromatic heterocycles. The lowest BCUT2D eigenvalue weighted by Gasteiger charge is -2.08. The van der Waals surface area contributed by atoms with Crippen LogP contribution >= 0.6 is 0 Å². The summed E-state index contributed by atoms with van der Waals surface area (Å²) >= 11 is 0. The van der Waals surface area contributed by atoms with Crippen LogP contribution in [0.3, 0.4) is 0 Å². The van der Waals surface area contributed by atoms with Crippen LogP contribution in [0, 0.1) is 6.92 Å². The number of fused-ring (bicyclic) bond motifs is 1. The first-order valence-electron chi connectivity index (χ1n) is 7.65. The van der Waals surface area contributed by atoms with Crippen LogP contribution < -0.4 is 16.7 Å². The molecular weight excluding hydrogens is 338 g/mol. The van der Waals surface area contributed by atoms with Gasteiger partial charge in [0.15, 0.2) is 5.58 Å². The quantitative estimate of drug-likeness (QED) is 0.647. The predicted molar refractivity (Wildman–Crippen MR) is 93.9 cm³/mol. The summed E-state index contributed by atoms with van der Waals surface area (Å²) in [5.41, 5.74) is 5.95. The van der Waals surface area contributed by atoms with E-state index in [9.17, 15) is 19.5 Å². The third kappa shape index (κ3) is 3.17. The zero-order valence-electron chi connectivity index (χ0n) is 13.8. The molecule has 3 rings (SSSR count). The number of aliphatic hydroxyl groups excluding tert-OH is 1. The van der Waals surface area contributed by atoms with Gasteiger partial charge >= 0.3 is 5.63 Å². The fourth-order valence-electron chi connectivity index (χ4n) is 2.48. The van der Waals surface area contributed by atoms with Crippen molar-refractivity contribution in [3.63, 3.8) is 0 Å². The minimum Gasteiger partial charge on any atom is -0.420 e. The number of nitrogens with zero attached hydrogens (tertiary/aromatic N) is 1. The highest BCUT2D eigenvalue weighted by atomic mass is 16.4. The first-order chi connectivity index (χ1) is 12.4. The number of aromatic nitrogens is 1. The van der Waals surface area contributed by atoms with E-state index in [1.165, 1.54) is 36.5 Å². The monoisotopic (exact) mass is 353 g/mol. The number of carbonyl (C=O) groups excluding carboxylic acids is 2. The van der Waals surface area contributed by atoms with Gasteiger partial charge in [0.05, 0.1) is 12.3 Å². The zero-order valence-corrected chi connectivity index (χ0v) is 13.8. The minimum atomic E-state index is -0.816. The standard InChI is InChI=1S/C18H15N3O5/c1-9-15-13(11(8-22)7-20-9)6-14(18(25)26-15)17(24)21-12-4-2-10(3-5-12)16(19)23/h2-7,22H,8H2,1H3,(H2,19,23)(H,21,24). The Morgan fingerprint density at radius 1 is 1.27 bits per heavy atom. The fourth-order valence-corrected chi connectivity index (χ4v) is 2.48. The van der Waals surface area contributed by atoms with E-state index in [-0.39, 0.29) is 17.8 Å². The van der Waals surface area contributed by atoms with Crippen LogP contribution in [0.4, 0.5) is 5.69 Å². The van der Waals surface area contributed by atoms with Gasteiger partial charge in [-0.1, -0.05) is 0 Å². The summed E-state index contributed by atoms with van der Waals surface area (Å²) in [5.74, 6) is -1.26. The maximum absolute atomic E-state index is 12.4. The molecule has 0 fully saturated rings. The van der Waals surface area contributed by atoms with E-state index in [1.54, 1.807) is 6.92 Å². The highest BCUT2D eigenvalue weighted by molar-refractivity contribution is 6.06. The lowest BCUT2D eigenvalue weighted by atomic mass is 10.1. The Labute approximate surface area is 147 Å². The fraction of sp³-hybridized carbons (Fsp3) is 0.111. The first-order valence-corrected chi connectivity index (χ1v) is 7.65. The molecule has 0 aliphatic carbocycles. The second kappa shape index (κ2) is 6.77. The lowest BCUT2D eigenvalue weighted by Crippen LogP contribution is -2.21. The third-order valence-electron chi connectivity index (χ3n) is 3.88. The van der Waals surface area contributed by atoms with Gasteiger partial charge in [-0.25, -0.2) is 4.79 Å². The third-order valence-corrected chi connectivity index (χ3v) is 3.88. The molecule has 4 N–H and O–H groups in total. The molecule has 2 heterocycles. The molecule has 0 saturated carbocycles. The number of anilines is 1. The number of benzene rings is 1. The van der Waals surface area contributed by atoms with Crippen LogP contribution in [-0.4, -0.2) is 21.9 Å².